The van der Waals surface area contributed by atoms with Crippen molar-refractivity contribution < 1.29 is 19.1 Å². The lowest BCUT2D eigenvalue weighted by atomic mass is 9.73. The number of hydrogen-bond donors (Lipinski definition) is 0. The van der Waals surface area contributed by atoms with E-state index in [1.165, 1.54) is 0 Å². The molecule has 1 saturated heterocycles. The second kappa shape index (κ2) is 4.36. The third-order valence-electron chi connectivity index (χ3n) is 4.52. The van der Waals surface area contributed by atoms with Gasteiger partial charge < -0.3 is 9.47 Å². The number of ether oxygens (including phenoxy) is 2. The third-order valence-corrected chi connectivity index (χ3v) is 4.52. The van der Waals surface area contributed by atoms with E-state index < -0.39 is 5.60 Å². The van der Waals surface area contributed by atoms with Crippen LogP contribution >= 0.6 is 0 Å². The molecule has 4 heteroatoms. The Morgan fingerprint density at radius 2 is 2.16 bits per heavy atom. The second-order valence-corrected chi connectivity index (χ2v) is 6.45. The number of fused-ring (bicyclic) bond motifs is 2. The van der Waals surface area contributed by atoms with Crippen LogP contribution in [0.1, 0.15) is 40.5 Å². The lowest BCUT2D eigenvalue weighted by Crippen LogP contribution is -2.45. The Morgan fingerprint density at radius 3 is 2.68 bits per heavy atom. The zero-order valence-electron chi connectivity index (χ0n) is 12.1. The summed E-state index contributed by atoms with van der Waals surface area (Å²) >= 11 is 0. The van der Waals surface area contributed by atoms with E-state index in [2.05, 4.69) is 6.58 Å². The fraction of sp³-hybridized carbons (Fsp3) is 0.733. The minimum atomic E-state index is -0.600. The average Bonchev–Trinajstić information content (AvgIpc) is 2.84. The van der Waals surface area contributed by atoms with Crippen molar-refractivity contribution in [1.82, 2.24) is 0 Å². The van der Waals surface area contributed by atoms with Crippen molar-refractivity contribution in [2.45, 2.75) is 52.2 Å². The summed E-state index contributed by atoms with van der Waals surface area (Å²) in [5.41, 5.74) is -0.943. The predicted octanol–water partition coefficient (Wildman–Crippen LogP) is 2.47. The van der Waals surface area contributed by atoms with E-state index in [-0.39, 0.29) is 35.3 Å². The lowest BCUT2D eigenvalue weighted by molar-refractivity contribution is -0.176. The summed E-state index contributed by atoms with van der Waals surface area (Å²) in [5.74, 6) is -1.28. The topological polar surface area (TPSA) is 52.6 Å². The van der Waals surface area contributed by atoms with E-state index in [9.17, 15) is 9.59 Å². The Balaban J connectivity index is 2.24. The summed E-state index contributed by atoms with van der Waals surface area (Å²) in [6, 6.07) is 0. The molecule has 1 heterocycles. The smallest absolute Gasteiger partial charge is 0.310 e. The SMILES string of the molecule is C=CC(C)(C)[C@]12C[C@H](C(=O)OC(C)C)[C@H](C1)C(=O)O2. The Kier molecular flexibility index (Phi) is 3.23. The summed E-state index contributed by atoms with van der Waals surface area (Å²) in [4.78, 5) is 24.0. The summed E-state index contributed by atoms with van der Waals surface area (Å²) in [6.07, 6.45) is 2.77. The number of carbonyl (C=O) groups is 2. The molecule has 1 aliphatic carbocycles. The third kappa shape index (κ3) is 2.07. The Labute approximate surface area is 114 Å². The van der Waals surface area contributed by atoms with Gasteiger partial charge in [0.1, 0.15) is 5.60 Å². The number of hydrogen-bond acceptors (Lipinski definition) is 4. The van der Waals surface area contributed by atoms with Gasteiger partial charge in [0.05, 0.1) is 17.9 Å². The fourth-order valence-electron chi connectivity index (χ4n) is 3.09. The first-order valence-electron chi connectivity index (χ1n) is 6.79. The molecule has 2 rings (SSSR count). The molecule has 0 N–H and O–H groups in total. The van der Waals surface area contributed by atoms with Crippen molar-refractivity contribution in [3.8, 4) is 0 Å². The predicted molar refractivity (Wildman–Crippen MR) is 70.2 cm³/mol. The minimum Gasteiger partial charge on any atom is -0.463 e. The van der Waals surface area contributed by atoms with Crippen molar-refractivity contribution in [1.29, 1.82) is 0 Å². The molecule has 1 saturated carbocycles. The van der Waals surface area contributed by atoms with Crippen LogP contribution in [0, 0.1) is 17.3 Å². The normalized spacial score (nSPS) is 33.4. The van der Waals surface area contributed by atoms with E-state index in [0.29, 0.717) is 12.8 Å². The fourth-order valence-corrected chi connectivity index (χ4v) is 3.09. The van der Waals surface area contributed by atoms with E-state index in [1.807, 2.05) is 27.7 Å². The number of rotatable bonds is 4. The molecule has 0 spiro atoms. The van der Waals surface area contributed by atoms with Gasteiger partial charge in [-0.3, -0.25) is 9.59 Å². The molecule has 0 aromatic rings. The molecule has 2 bridgehead atoms. The van der Waals surface area contributed by atoms with Crippen LogP contribution in [0.2, 0.25) is 0 Å². The largest absolute Gasteiger partial charge is 0.463 e. The van der Waals surface area contributed by atoms with Gasteiger partial charge >= 0.3 is 11.9 Å². The summed E-state index contributed by atoms with van der Waals surface area (Å²) < 4.78 is 10.8. The number of esters is 2. The average molecular weight is 266 g/mol. The van der Waals surface area contributed by atoms with Gasteiger partial charge in [-0.2, -0.15) is 0 Å². The first-order chi connectivity index (χ1) is 8.72. The molecule has 2 fully saturated rings. The van der Waals surface area contributed by atoms with Crippen LogP contribution in [0.15, 0.2) is 12.7 Å². The van der Waals surface area contributed by atoms with E-state index in [0.717, 1.165) is 0 Å². The molecule has 0 unspecified atom stereocenters. The van der Waals surface area contributed by atoms with Gasteiger partial charge in [-0.1, -0.05) is 19.9 Å². The highest BCUT2D eigenvalue weighted by molar-refractivity contribution is 5.86. The summed E-state index contributed by atoms with van der Waals surface area (Å²) in [7, 11) is 0. The van der Waals surface area contributed by atoms with Gasteiger partial charge in [-0.05, 0) is 13.8 Å². The molecule has 0 aromatic heterocycles. The van der Waals surface area contributed by atoms with Crippen LogP contribution in [0.25, 0.3) is 0 Å². The number of carbonyl (C=O) groups excluding carboxylic acids is 2. The maximum atomic E-state index is 12.1. The van der Waals surface area contributed by atoms with Crippen molar-refractivity contribution in [3.63, 3.8) is 0 Å². The lowest BCUT2D eigenvalue weighted by Gasteiger charge is -2.40. The van der Waals surface area contributed by atoms with Crippen LogP contribution in [-0.4, -0.2) is 23.6 Å². The monoisotopic (exact) mass is 266 g/mol. The minimum absolute atomic E-state index is 0.161. The van der Waals surface area contributed by atoms with Crippen molar-refractivity contribution in [3.05, 3.63) is 12.7 Å². The van der Waals surface area contributed by atoms with E-state index in [1.54, 1.807) is 6.08 Å². The van der Waals surface area contributed by atoms with Crippen LogP contribution in [0.4, 0.5) is 0 Å². The van der Waals surface area contributed by atoms with Gasteiger partial charge in [-0.15, -0.1) is 6.58 Å². The maximum absolute atomic E-state index is 12.1. The molecule has 4 nitrogen and oxygen atoms in total. The van der Waals surface area contributed by atoms with Crippen molar-refractivity contribution >= 4 is 11.9 Å². The second-order valence-electron chi connectivity index (χ2n) is 6.45. The van der Waals surface area contributed by atoms with Gasteiger partial charge in [0.25, 0.3) is 0 Å². The Bertz CT molecular complexity index is 424. The first kappa shape index (κ1) is 14.1. The first-order valence-corrected chi connectivity index (χ1v) is 6.79. The molecule has 3 atom stereocenters. The van der Waals surface area contributed by atoms with Crippen molar-refractivity contribution in [2.75, 3.05) is 0 Å². The molecule has 2 aliphatic rings. The quantitative estimate of drug-likeness (QED) is 0.579. The molecule has 106 valence electrons. The van der Waals surface area contributed by atoms with Gasteiger partial charge in [0.2, 0.25) is 0 Å². The molecule has 0 amide bonds. The molecule has 1 aliphatic heterocycles. The van der Waals surface area contributed by atoms with E-state index in [4.69, 9.17) is 9.47 Å². The van der Waals surface area contributed by atoms with Crippen LogP contribution in [0.5, 0.6) is 0 Å². The standard InChI is InChI=1S/C15H22O4/c1-6-14(4,5)15-7-10(12(16)18-9(2)3)11(8-15)13(17)19-15/h6,9-11H,1,7-8H2,2-5H3/t10-,11-,15-/m0/s1. The molecular weight excluding hydrogens is 244 g/mol. The summed E-state index contributed by atoms with van der Waals surface area (Å²) in [5, 5.41) is 0. The zero-order chi connectivity index (χ0) is 14.4. The zero-order valence-corrected chi connectivity index (χ0v) is 12.1. The Hall–Kier alpha value is -1.32. The molecule has 0 aromatic carbocycles. The highest BCUT2D eigenvalue weighted by atomic mass is 16.6. The maximum Gasteiger partial charge on any atom is 0.310 e. The van der Waals surface area contributed by atoms with Gasteiger partial charge in [-0.25, -0.2) is 0 Å². The molecule has 0 radical (unpaired) electrons. The Morgan fingerprint density at radius 1 is 1.53 bits per heavy atom. The van der Waals surface area contributed by atoms with Crippen LogP contribution in [-0.2, 0) is 19.1 Å². The molecule has 19 heavy (non-hydrogen) atoms. The summed E-state index contributed by atoms with van der Waals surface area (Å²) in [6.45, 7) is 11.4. The van der Waals surface area contributed by atoms with Crippen LogP contribution in [0.3, 0.4) is 0 Å². The van der Waals surface area contributed by atoms with Gasteiger partial charge in [0.15, 0.2) is 0 Å². The van der Waals surface area contributed by atoms with E-state index >= 15 is 0 Å². The highest BCUT2D eigenvalue weighted by Crippen LogP contribution is 2.57. The van der Waals surface area contributed by atoms with Crippen molar-refractivity contribution in [2.24, 2.45) is 17.3 Å². The van der Waals surface area contributed by atoms with Gasteiger partial charge in [0, 0.05) is 18.3 Å². The highest BCUT2D eigenvalue weighted by Gasteiger charge is 2.65. The van der Waals surface area contributed by atoms with Crippen LogP contribution < -0.4 is 0 Å². The molecular formula is C15H22O4.